The quantitative estimate of drug-likeness (QED) is 0.658. The Morgan fingerprint density at radius 1 is 1.33 bits per heavy atom. The van der Waals surface area contributed by atoms with Crippen molar-refractivity contribution in [2.45, 2.75) is 39.7 Å². The minimum absolute atomic E-state index is 0.210. The van der Waals surface area contributed by atoms with Crippen molar-refractivity contribution in [1.82, 2.24) is 4.98 Å². The van der Waals surface area contributed by atoms with Crippen LogP contribution in [-0.4, -0.2) is 4.98 Å². The average Bonchev–Trinajstić information content (AvgIpc) is 2.30. The lowest BCUT2D eigenvalue weighted by atomic mass is 10.1. The Bertz CT molecular complexity index is 263. The average molecular weight is 171 g/mol. The zero-order chi connectivity index (χ0) is 9.30. The third-order valence-corrected chi connectivity index (χ3v) is 1.94. The van der Waals surface area contributed by atoms with Gasteiger partial charge in [-0.2, -0.15) is 4.39 Å². The van der Waals surface area contributed by atoms with E-state index in [9.17, 15) is 4.39 Å². The molecular formula is C9H16FN2+. The summed E-state index contributed by atoms with van der Waals surface area (Å²) in [6.07, 6.45) is 1.69. The molecule has 0 saturated carbocycles. The van der Waals surface area contributed by atoms with Crippen molar-refractivity contribution in [1.29, 1.82) is 0 Å². The summed E-state index contributed by atoms with van der Waals surface area (Å²) in [6, 6.07) is 0.308. The van der Waals surface area contributed by atoms with Gasteiger partial charge >= 0.3 is 5.95 Å². The highest BCUT2D eigenvalue weighted by atomic mass is 19.1. The molecule has 0 unspecified atom stereocenters. The summed E-state index contributed by atoms with van der Waals surface area (Å²) in [5.74, 6) is 0.0114. The number of H-pyrrole nitrogens is 1. The van der Waals surface area contributed by atoms with Gasteiger partial charge in [-0.3, -0.25) is 0 Å². The van der Waals surface area contributed by atoms with Gasteiger partial charge < -0.3 is 0 Å². The van der Waals surface area contributed by atoms with E-state index in [2.05, 4.69) is 4.98 Å². The summed E-state index contributed by atoms with van der Waals surface area (Å²) in [4.78, 5) is 2.60. The molecule has 0 fully saturated rings. The fourth-order valence-electron chi connectivity index (χ4n) is 1.36. The lowest BCUT2D eigenvalue weighted by molar-refractivity contribution is -0.723. The topological polar surface area (TPSA) is 19.7 Å². The van der Waals surface area contributed by atoms with E-state index in [4.69, 9.17) is 0 Å². The van der Waals surface area contributed by atoms with Crippen molar-refractivity contribution in [2.75, 3.05) is 0 Å². The predicted molar refractivity (Wildman–Crippen MR) is 45.4 cm³/mol. The van der Waals surface area contributed by atoms with Crippen LogP contribution in [0.15, 0.2) is 6.33 Å². The number of halogens is 1. The first-order chi connectivity index (χ1) is 5.54. The van der Waals surface area contributed by atoms with Crippen LogP contribution in [0.5, 0.6) is 0 Å². The molecule has 1 rings (SSSR count). The van der Waals surface area contributed by atoms with Crippen LogP contribution < -0.4 is 4.57 Å². The first kappa shape index (κ1) is 9.23. The van der Waals surface area contributed by atoms with Gasteiger partial charge in [-0.05, 0) is 13.8 Å². The molecule has 0 amide bonds. The van der Waals surface area contributed by atoms with Crippen molar-refractivity contribution in [3.8, 4) is 0 Å². The SMILES string of the molecule is CC(C)c1c(F)[nH]c[n+]1C(C)C. The highest BCUT2D eigenvalue weighted by molar-refractivity contribution is 4.96. The van der Waals surface area contributed by atoms with Gasteiger partial charge in [-0.1, -0.05) is 13.8 Å². The lowest BCUT2D eigenvalue weighted by Gasteiger charge is -2.06. The van der Waals surface area contributed by atoms with Crippen LogP contribution in [0, 0.1) is 5.95 Å². The number of aromatic amines is 1. The maximum atomic E-state index is 13.1. The Morgan fingerprint density at radius 2 is 1.92 bits per heavy atom. The van der Waals surface area contributed by atoms with E-state index < -0.39 is 0 Å². The Hall–Kier alpha value is -0.860. The van der Waals surface area contributed by atoms with E-state index in [0.717, 1.165) is 5.69 Å². The maximum absolute atomic E-state index is 13.1. The molecule has 0 aliphatic heterocycles. The summed E-state index contributed by atoms with van der Waals surface area (Å²) in [5.41, 5.74) is 0.755. The molecule has 68 valence electrons. The number of nitrogens with zero attached hydrogens (tertiary/aromatic N) is 1. The van der Waals surface area contributed by atoms with Gasteiger partial charge in [0.15, 0.2) is 5.69 Å². The molecule has 0 saturated heterocycles. The number of nitrogens with one attached hydrogen (secondary N) is 1. The van der Waals surface area contributed by atoms with Gasteiger partial charge in [0.1, 0.15) is 0 Å². The summed E-state index contributed by atoms with van der Waals surface area (Å²) in [7, 11) is 0. The zero-order valence-electron chi connectivity index (χ0n) is 8.06. The molecule has 0 aliphatic carbocycles. The number of rotatable bonds is 2. The normalized spacial score (nSPS) is 11.6. The summed E-state index contributed by atoms with van der Waals surface area (Å²) in [6.45, 7) is 8.06. The molecule has 1 aromatic heterocycles. The number of hydrogen-bond donors (Lipinski definition) is 1. The second-order valence-corrected chi connectivity index (χ2v) is 3.63. The number of imidazole rings is 1. The van der Waals surface area contributed by atoms with E-state index in [1.165, 1.54) is 0 Å². The maximum Gasteiger partial charge on any atom is 0.318 e. The molecule has 1 heterocycles. The molecule has 0 bridgehead atoms. The van der Waals surface area contributed by atoms with Crippen molar-refractivity contribution < 1.29 is 8.96 Å². The van der Waals surface area contributed by atoms with E-state index in [0.29, 0.717) is 6.04 Å². The minimum Gasteiger partial charge on any atom is -0.229 e. The molecule has 12 heavy (non-hydrogen) atoms. The van der Waals surface area contributed by atoms with Gasteiger partial charge in [0, 0.05) is 5.92 Å². The van der Waals surface area contributed by atoms with Gasteiger partial charge in [0.05, 0.1) is 6.04 Å². The molecule has 0 aliphatic rings. The van der Waals surface area contributed by atoms with Crippen molar-refractivity contribution in [2.24, 2.45) is 0 Å². The van der Waals surface area contributed by atoms with Crippen LogP contribution in [0.3, 0.4) is 0 Å². The highest BCUT2D eigenvalue weighted by Crippen LogP contribution is 2.13. The Balaban J connectivity index is 3.12. The van der Waals surface area contributed by atoms with Gasteiger partial charge in [-0.25, -0.2) is 9.55 Å². The number of aromatic nitrogens is 2. The van der Waals surface area contributed by atoms with Crippen molar-refractivity contribution >= 4 is 0 Å². The molecular weight excluding hydrogens is 155 g/mol. The lowest BCUT2D eigenvalue weighted by Crippen LogP contribution is -2.38. The summed E-state index contributed by atoms with van der Waals surface area (Å²) >= 11 is 0. The van der Waals surface area contributed by atoms with Crippen LogP contribution >= 0.6 is 0 Å². The Labute approximate surface area is 72.4 Å². The minimum atomic E-state index is -0.210. The molecule has 3 heteroatoms. The fraction of sp³-hybridized carbons (Fsp3) is 0.667. The molecule has 0 radical (unpaired) electrons. The summed E-state index contributed by atoms with van der Waals surface area (Å²) < 4.78 is 15.1. The van der Waals surface area contributed by atoms with Crippen LogP contribution in [0.25, 0.3) is 0 Å². The van der Waals surface area contributed by atoms with E-state index in [-0.39, 0.29) is 11.9 Å². The first-order valence-corrected chi connectivity index (χ1v) is 4.32. The summed E-state index contributed by atoms with van der Waals surface area (Å²) in [5, 5.41) is 0. The van der Waals surface area contributed by atoms with E-state index in [1.54, 1.807) is 6.33 Å². The van der Waals surface area contributed by atoms with Crippen molar-refractivity contribution in [3.63, 3.8) is 0 Å². The number of hydrogen-bond acceptors (Lipinski definition) is 0. The molecule has 2 nitrogen and oxygen atoms in total. The molecule has 0 spiro atoms. The third kappa shape index (κ3) is 1.49. The second kappa shape index (κ2) is 3.25. The monoisotopic (exact) mass is 171 g/mol. The van der Waals surface area contributed by atoms with E-state index in [1.807, 2.05) is 32.3 Å². The first-order valence-electron chi connectivity index (χ1n) is 4.32. The molecule has 0 aromatic carbocycles. The third-order valence-electron chi connectivity index (χ3n) is 1.94. The fourth-order valence-corrected chi connectivity index (χ4v) is 1.36. The van der Waals surface area contributed by atoms with Crippen LogP contribution in [0.2, 0.25) is 0 Å². The van der Waals surface area contributed by atoms with Crippen LogP contribution in [0.1, 0.15) is 45.3 Å². The molecule has 1 aromatic rings. The molecule has 0 atom stereocenters. The highest BCUT2D eigenvalue weighted by Gasteiger charge is 2.22. The Morgan fingerprint density at radius 3 is 2.25 bits per heavy atom. The van der Waals surface area contributed by atoms with Gasteiger partial charge in [0.2, 0.25) is 6.33 Å². The van der Waals surface area contributed by atoms with Crippen molar-refractivity contribution in [3.05, 3.63) is 18.0 Å². The predicted octanol–water partition coefficient (Wildman–Crippen LogP) is 2.15. The molecule has 1 N–H and O–H groups in total. The van der Waals surface area contributed by atoms with Gasteiger partial charge in [-0.15, -0.1) is 0 Å². The van der Waals surface area contributed by atoms with Gasteiger partial charge in [0.25, 0.3) is 0 Å². The van der Waals surface area contributed by atoms with E-state index >= 15 is 0 Å². The second-order valence-electron chi connectivity index (χ2n) is 3.63. The standard InChI is InChI=1S/C9H15FN2/c1-6(2)8-9(10)11-5-12(8)7(3)4/h5-7H,1-4H3/p+1. The van der Waals surface area contributed by atoms with Crippen LogP contribution in [-0.2, 0) is 0 Å². The largest absolute Gasteiger partial charge is 0.318 e. The van der Waals surface area contributed by atoms with Crippen LogP contribution in [0.4, 0.5) is 4.39 Å². The Kier molecular flexibility index (Phi) is 2.50. The zero-order valence-corrected chi connectivity index (χ0v) is 8.06. The smallest absolute Gasteiger partial charge is 0.229 e.